The molecule has 28 heavy (non-hydrogen) atoms. The Kier molecular flexibility index (Phi) is 6.54. The van der Waals surface area contributed by atoms with Gasteiger partial charge in [-0.1, -0.05) is 57.5 Å². The summed E-state index contributed by atoms with van der Waals surface area (Å²) in [6.07, 6.45) is 3.42. The number of carbonyl (C=O) groups is 1. The van der Waals surface area contributed by atoms with Crippen LogP contribution < -0.4 is 0 Å². The second-order valence-electron chi connectivity index (χ2n) is 8.14. The topological polar surface area (TPSA) is 17.1 Å². The Labute approximate surface area is 171 Å². The van der Waals surface area contributed by atoms with E-state index in [2.05, 4.69) is 19.1 Å². The number of fused-ring (bicyclic) bond motifs is 1. The Morgan fingerprint density at radius 3 is 2.54 bits per heavy atom. The van der Waals surface area contributed by atoms with Gasteiger partial charge in [-0.3, -0.25) is 4.79 Å². The molecule has 0 saturated carbocycles. The number of hydrogen-bond acceptors (Lipinski definition) is 1. The summed E-state index contributed by atoms with van der Waals surface area (Å²) < 4.78 is 29.2. The molecule has 2 aromatic rings. The van der Waals surface area contributed by atoms with Crippen molar-refractivity contribution in [2.45, 2.75) is 58.3 Å². The predicted octanol–water partition coefficient (Wildman–Crippen LogP) is 6.96. The molecule has 3 rings (SSSR count). The van der Waals surface area contributed by atoms with Crippen molar-refractivity contribution >= 4 is 16.8 Å². The van der Waals surface area contributed by atoms with Gasteiger partial charge in [-0.15, -0.1) is 0 Å². The summed E-state index contributed by atoms with van der Waals surface area (Å²) in [6.45, 7) is 5.74. The van der Waals surface area contributed by atoms with Crippen molar-refractivity contribution in [2.24, 2.45) is 11.8 Å². The Morgan fingerprint density at radius 2 is 1.86 bits per heavy atom. The summed E-state index contributed by atoms with van der Waals surface area (Å²) in [4.78, 5) is 11.5. The minimum atomic E-state index is -0.839. The first-order valence-corrected chi connectivity index (χ1v) is 10.5. The van der Waals surface area contributed by atoms with Gasteiger partial charge in [0, 0.05) is 11.8 Å². The molecule has 1 nitrogen and oxygen atoms in total. The van der Waals surface area contributed by atoms with Crippen LogP contribution in [0, 0.1) is 23.5 Å². The molecule has 1 aliphatic carbocycles. The van der Waals surface area contributed by atoms with Crippen molar-refractivity contribution in [3.05, 3.63) is 70.3 Å². The predicted molar refractivity (Wildman–Crippen MR) is 110 cm³/mol. The second-order valence-corrected chi connectivity index (χ2v) is 8.51. The summed E-state index contributed by atoms with van der Waals surface area (Å²) in [5, 5.41) is -0.444. The fourth-order valence-electron chi connectivity index (χ4n) is 4.83. The summed E-state index contributed by atoms with van der Waals surface area (Å²) in [5.41, 5.74) is 3.75. The maximum Gasteiger partial charge on any atom is 0.224 e. The standard InChI is InChI=1S/C24H27ClF2O/c1-4-7-17-13-16-8-5-6-9-18(16)22(17)19-10-11-20(26)23(27)21(19)14(2)12-15(3)24(25)28/h5-6,8-11,14-15,17,22H,4,7,12-13H2,1-3H3. The molecule has 0 fully saturated rings. The molecule has 150 valence electrons. The molecule has 0 bridgehead atoms. The molecule has 0 spiro atoms. The summed E-state index contributed by atoms with van der Waals surface area (Å²) in [5.74, 6) is -1.93. The smallest absolute Gasteiger partial charge is 0.224 e. The largest absolute Gasteiger partial charge is 0.281 e. The average molecular weight is 405 g/mol. The van der Waals surface area contributed by atoms with Crippen LogP contribution in [0.1, 0.15) is 74.1 Å². The van der Waals surface area contributed by atoms with Crippen molar-refractivity contribution in [2.75, 3.05) is 0 Å². The number of halogens is 3. The van der Waals surface area contributed by atoms with Gasteiger partial charge in [0.05, 0.1) is 0 Å². The summed E-state index contributed by atoms with van der Waals surface area (Å²) in [6, 6.07) is 11.3. The minimum absolute atomic E-state index is 0.0470. The lowest BCUT2D eigenvalue weighted by atomic mass is 9.77. The van der Waals surface area contributed by atoms with Gasteiger partial charge < -0.3 is 0 Å². The van der Waals surface area contributed by atoms with Crippen molar-refractivity contribution < 1.29 is 13.6 Å². The monoisotopic (exact) mass is 404 g/mol. The molecule has 0 aromatic heterocycles. The number of carbonyl (C=O) groups excluding carboxylic acids is 1. The van der Waals surface area contributed by atoms with E-state index < -0.39 is 22.8 Å². The zero-order chi connectivity index (χ0) is 20.4. The fourth-order valence-corrected chi connectivity index (χ4v) is 4.92. The molecule has 0 saturated heterocycles. The van der Waals surface area contributed by atoms with Crippen molar-refractivity contribution in [3.8, 4) is 0 Å². The second kappa shape index (κ2) is 8.73. The molecular formula is C24H27ClF2O. The third-order valence-corrected chi connectivity index (χ3v) is 6.46. The summed E-state index contributed by atoms with van der Waals surface area (Å²) in [7, 11) is 0. The molecule has 0 aliphatic heterocycles. The molecule has 0 amide bonds. The van der Waals surface area contributed by atoms with Gasteiger partial charge in [-0.25, -0.2) is 8.78 Å². The Morgan fingerprint density at radius 1 is 1.14 bits per heavy atom. The number of benzene rings is 2. The maximum atomic E-state index is 15.0. The highest BCUT2D eigenvalue weighted by molar-refractivity contribution is 6.63. The fraction of sp³-hybridized carbons (Fsp3) is 0.458. The van der Waals surface area contributed by atoms with E-state index >= 15 is 4.39 Å². The molecule has 1 aliphatic rings. The zero-order valence-electron chi connectivity index (χ0n) is 16.6. The van der Waals surface area contributed by atoms with Crippen molar-refractivity contribution in [3.63, 3.8) is 0 Å². The van der Waals surface area contributed by atoms with Crippen LogP contribution in [0.5, 0.6) is 0 Å². The van der Waals surface area contributed by atoms with Crippen LogP contribution in [0.25, 0.3) is 0 Å². The van der Waals surface area contributed by atoms with Crippen LogP contribution in [0.3, 0.4) is 0 Å². The van der Waals surface area contributed by atoms with Crippen LogP contribution in [0.4, 0.5) is 8.78 Å². The first-order chi connectivity index (χ1) is 13.3. The van der Waals surface area contributed by atoms with E-state index in [0.29, 0.717) is 17.9 Å². The van der Waals surface area contributed by atoms with Gasteiger partial charge in [-0.05, 0) is 71.0 Å². The van der Waals surface area contributed by atoms with Gasteiger partial charge in [-0.2, -0.15) is 0 Å². The van der Waals surface area contributed by atoms with Crippen LogP contribution in [-0.2, 0) is 11.2 Å². The molecule has 2 aromatic carbocycles. The van der Waals surface area contributed by atoms with E-state index in [4.69, 9.17) is 11.6 Å². The molecule has 0 radical (unpaired) electrons. The minimum Gasteiger partial charge on any atom is -0.281 e. The van der Waals surface area contributed by atoms with E-state index in [1.54, 1.807) is 13.0 Å². The lowest BCUT2D eigenvalue weighted by molar-refractivity contribution is -0.114. The van der Waals surface area contributed by atoms with E-state index in [-0.39, 0.29) is 11.8 Å². The number of hydrogen-bond donors (Lipinski definition) is 0. The van der Waals surface area contributed by atoms with Gasteiger partial charge in [0.15, 0.2) is 11.6 Å². The number of rotatable bonds is 7. The lowest BCUT2D eigenvalue weighted by Gasteiger charge is -2.27. The van der Waals surface area contributed by atoms with Gasteiger partial charge in [0.25, 0.3) is 0 Å². The lowest BCUT2D eigenvalue weighted by Crippen LogP contribution is -2.17. The average Bonchev–Trinajstić information content (AvgIpc) is 3.01. The van der Waals surface area contributed by atoms with Crippen LogP contribution in [0.15, 0.2) is 36.4 Å². The first-order valence-electron chi connectivity index (χ1n) is 10.1. The molecule has 4 heteroatoms. The zero-order valence-corrected chi connectivity index (χ0v) is 17.4. The Bertz CT molecular complexity index is 864. The van der Waals surface area contributed by atoms with E-state index in [1.807, 2.05) is 19.1 Å². The Balaban J connectivity index is 2.10. The van der Waals surface area contributed by atoms with Gasteiger partial charge >= 0.3 is 0 Å². The van der Waals surface area contributed by atoms with E-state index in [9.17, 15) is 9.18 Å². The van der Waals surface area contributed by atoms with Crippen LogP contribution in [0.2, 0.25) is 0 Å². The van der Waals surface area contributed by atoms with E-state index in [0.717, 1.165) is 24.8 Å². The molecule has 0 N–H and O–H groups in total. The highest BCUT2D eigenvalue weighted by Crippen LogP contribution is 2.47. The molecule has 0 heterocycles. The van der Waals surface area contributed by atoms with E-state index in [1.165, 1.54) is 17.2 Å². The Hall–Kier alpha value is -1.74. The highest BCUT2D eigenvalue weighted by Gasteiger charge is 2.36. The van der Waals surface area contributed by atoms with Crippen LogP contribution >= 0.6 is 11.6 Å². The maximum absolute atomic E-state index is 15.0. The molecule has 4 unspecified atom stereocenters. The van der Waals surface area contributed by atoms with Crippen molar-refractivity contribution in [1.82, 2.24) is 0 Å². The van der Waals surface area contributed by atoms with Crippen LogP contribution in [-0.4, -0.2) is 5.24 Å². The summed E-state index contributed by atoms with van der Waals surface area (Å²) >= 11 is 5.62. The van der Waals surface area contributed by atoms with Gasteiger partial charge in [0.1, 0.15) is 0 Å². The van der Waals surface area contributed by atoms with Gasteiger partial charge in [0.2, 0.25) is 5.24 Å². The SMILES string of the molecule is CCCC1Cc2ccccc2C1c1ccc(F)c(F)c1C(C)CC(C)C(=O)Cl. The third kappa shape index (κ3) is 4.00. The normalized spacial score (nSPS) is 20.6. The molecule has 4 atom stereocenters. The van der Waals surface area contributed by atoms with Crippen molar-refractivity contribution in [1.29, 1.82) is 0 Å². The molecular weight excluding hydrogens is 378 g/mol. The third-order valence-electron chi connectivity index (χ3n) is 6.09. The first kappa shape index (κ1) is 21.0. The quantitative estimate of drug-likeness (QED) is 0.455. The highest BCUT2D eigenvalue weighted by atomic mass is 35.5.